The van der Waals surface area contributed by atoms with Crippen LogP contribution in [-0.2, 0) is 4.79 Å². The van der Waals surface area contributed by atoms with Gasteiger partial charge in [-0.25, -0.2) is 0 Å². The van der Waals surface area contributed by atoms with Crippen LogP contribution in [0.5, 0.6) is 0 Å². The van der Waals surface area contributed by atoms with E-state index in [4.69, 9.17) is 5.26 Å². The standard InChI is InChI=1S/C11H17N3O/c1-2-8(6-12)14-5-3-4-9-10(14)7-13-11(9)15/h8-10H,2-5,7H2,1H3,(H,13,15). The van der Waals surface area contributed by atoms with Crippen molar-refractivity contribution in [3.8, 4) is 6.07 Å². The number of nitrogens with zero attached hydrogens (tertiary/aromatic N) is 2. The van der Waals surface area contributed by atoms with Crippen molar-refractivity contribution in [3.63, 3.8) is 0 Å². The van der Waals surface area contributed by atoms with Gasteiger partial charge in [0.05, 0.1) is 18.0 Å². The van der Waals surface area contributed by atoms with Gasteiger partial charge < -0.3 is 5.32 Å². The molecule has 15 heavy (non-hydrogen) atoms. The first-order valence-electron chi connectivity index (χ1n) is 5.71. The number of nitrogens with one attached hydrogen (secondary N) is 1. The number of carbonyl (C=O) groups excluding carboxylic acids is 1. The summed E-state index contributed by atoms with van der Waals surface area (Å²) in [7, 11) is 0. The predicted molar refractivity (Wildman–Crippen MR) is 55.9 cm³/mol. The van der Waals surface area contributed by atoms with Crippen molar-refractivity contribution in [2.75, 3.05) is 13.1 Å². The smallest absolute Gasteiger partial charge is 0.224 e. The average molecular weight is 207 g/mol. The first-order valence-corrected chi connectivity index (χ1v) is 5.71. The summed E-state index contributed by atoms with van der Waals surface area (Å²) in [5, 5.41) is 12.0. The summed E-state index contributed by atoms with van der Waals surface area (Å²) in [4.78, 5) is 13.7. The van der Waals surface area contributed by atoms with Crippen LogP contribution < -0.4 is 5.32 Å². The molecule has 0 aliphatic carbocycles. The molecule has 0 aromatic rings. The van der Waals surface area contributed by atoms with E-state index in [1.807, 2.05) is 6.92 Å². The Kier molecular flexibility index (Phi) is 2.92. The van der Waals surface area contributed by atoms with E-state index in [0.717, 1.165) is 32.4 Å². The van der Waals surface area contributed by atoms with Crippen LogP contribution in [-0.4, -0.2) is 36.0 Å². The van der Waals surface area contributed by atoms with Crippen molar-refractivity contribution in [2.24, 2.45) is 5.92 Å². The largest absolute Gasteiger partial charge is 0.354 e. The first kappa shape index (κ1) is 10.4. The van der Waals surface area contributed by atoms with Gasteiger partial charge in [0.2, 0.25) is 5.91 Å². The highest BCUT2D eigenvalue weighted by Crippen LogP contribution is 2.29. The van der Waals surface area contributed by atoms with Crippen LogP contribution in [0.4, 0.5) is 0 Å². The Morgan fingerprint density at radius 1 is 1.73 bits per heavy atom. The summed E-state index contributed by atoms with van der Waals surface area (Å²) in [5.41, 5.74) is 0. The summed E-state index contributed by atoms with van der Waals surface area (Å²) in [6, 6.07) is 2.57. The summed E-state index contributed by atoms with van der Waals surface area (Å²) in [6.45, 7) is 3.71. The third-order valence-electron chi connectivity index (χ3n) is 3.58. The van der Waals surface area contributed by atoms with E-state index in [9.17, 15) is 4.79 Å². The van der Waals surface area contributed by atoms with Crippen LogP contribution in [0.25, 0.3) is 0 Å². The monoisotopic (exact) mass is 207 g/mol. The number of hydrogen-bond donors (Lipinski definition) is 1. The predicted octanol–water partition coefficient (Wildman–Crippen LogP) is 0.499. The molecule has 2 aliphatic rings. The molecule has 4 heteroatoms. The van der Waals surface area contributed by atoms with E-state index >= 15 is 0 Å². The number of nitriles is 1. The molecule has 2 fully saturated rings. The number of rotatable bonds is 2. The highest BCUT2D eigenvalue weighted by molar-refractivity contribution is 5.82. The Morgan fingerprint density at radius 3 is 3.20 bits per heavy atom. The molecule has 0 spiro atoms. The molecule has 0 radical (unpaired) electrons. The molecular formula is C11H17N3O. The third kappa shape index (κ3) is 1.72. The van der Waals surface area contributed by atoms with E-state index in [-0.39, 0.29) is 23.9 Å². The van der Waals surface area contributed by atoms with E-state index in [0.29, 0.717) is 0 Å². The Hall–Kier alpha value is -1.08. The minimum Gasteiger partial charge on any atom is -0.354 e. The molecule has 3 atom stereocenters. The van der Waals surface area contributed by atoms with E-state index < -0.39 is 0 Å². The van der Waals surface area contributed by atoms with Crippen LogP contribution in [0, 0.1) is 17.2 Å². The summed E-state index contributed by atoms with van der Waals surface area (Å²) < 4.78 is 0. The maximum absolute atomic E-state index is 11.5. The lowest BCUT2D eigenvalue weighted by atomic mass is 9.90. The summed E-state index contributed by atoms with van der Waals surface area (Å²) in [6.07, 6.45) is 2.86. The first-order chi connectivity index (χ1) is 7.27. The molecule has 2 saturated heterocycles. The second kappa shape index (κ2) is 4.19. The molecule has 1 N–H and O–H groups in total. The van der Waals surface area contributed by atoms with Gasteiger partial charge in [0.1, 0.15) is 0 Å². The molecule has 1 amide bonds. The Labute approximate surface area is 90.2 Å². The number of fused-ring (bicyclic) bond motifs is 1. The van der Waals surface area contributed by atoms with E-state index in [2.05, 4.69) is 16.3 Å². The molecule has 0 bridgehead atoms. The minimum atomic E-state index is -0.0227. The number of hydrogen-bond acceptors (Lipinski definition) is 3. The Balaban J connectivity index is 2.13. The topological polar surface area (TPSA) is 56.1 Å². The number of likely N-dealkylation sites (tertiary alicyclic amines) is 1. The van der Waals surface area contributed by atoms with Crippen LogP contribution in [0.3, 0.4) is 0 Å². The van der Waals surface area contributed by atoms with Gasteiger partial charge in [-0.2, -0.15) is 5.26 Å². The van der Waals surface area contributed by atoms with Crippen molar-refractivity contribution >= 4 is 5.91 Å². The van der Waals surface area contributed by atoms with Crippen molar-refractivity contribution < 1.29 is 4.79 Å². The van der Waals surface area contributed by atoms with Gasteiger partial charge in [-0.05, 0) is 25.8 Å². The molecule has 2 heterocycles. The normalized spacial score (nSPS) is 32.9. The molecule has 0 aromatic carbocycles. The zero-order valence-corrected chi connectivity index (χ0v) is 9.07. The van der Waals surface area contributed by atoms with Gasteiger partial charge in [0.15, 0.2) is 0 Å². The molecule has 0 saturated carbocycles. The minimum absolute atomic E-state index is 0.0227. The SMILES string of the molecule is CCC(C#N)N1CCCC2C(=O)NCC21. The third-order valence-corrected chi connectivity index (χ3v) is 3.58. The molecule has 3 unspecified atom stereocenters. The van der Waals surface area contributed by atoms with Gasteiger partial charge in [-0.1, -0.05) is 6.92 Å². The lowest BCUT2D eigenvalue weighted by molar-refractivity contribution is -0.124. The Morgan fingerprint density at radius 2 is 2.53 bits per heavy atom. The highest BCUT2D eigenvalue weighted by Gasteiger charge is 2.42. The van der Waals surface area contributed by atoms with Crippen LogP contribution in [0.1, 0.15) is 26.2 Å². The van der Waals surface area contributed by atoms with Crippen LogP contribution >= 0.6 is 0 Å². The van der Waals surface area contributed by atoms with E-state index in [1.165, 1.54) is 0 Å². The lowest BCUT2D eigenvalue weighted by Gasteiger charge is -2.38. The van der Waals surface area contributed by atoms with Crippen molar-refractivity contribution in [1.82, 2.24) is 10.2 Å². The Bertz CT molecular complexity index is 297. The van der Waals surface area contributed by atoms with Gasteiger partial charge in [-0.15, -0.1) is 0 Å². The van der Waals surface area contributed by atoms with Gasteiger partial charge in [-0.3, -0.25) is 9.69 Å². The lowest BCUT2D eigenvalue weighted by Crippen LogP contribution is -2.50. The zero-order valence-electron chi connectivity index (χ0n) is 9.07. The quantitative estimate of drug-likeness (QED) is 0.717. The van der Waals surface area contributed by atoms with Crippen LogP contribution in [0.2, 0.25) is 0 Å². The second-order valence-corrected chi connectivity index (χ2v) is 4.35. The fourth-order valence-electron chi connectivity index (χ4n) is 2.77. The second-order valence-electron chi connectivity index (χ2n) is 4.35. The number of amides is 1. The molecule has 2 aliphatic heterocycles. The fraction of sp³-hybridized carbons (Fsp3) is 0.818. The molecule has 4 nitrogen and oxygen atoms in total. The van der Waals surface area contributed by atoms with E-state index in [1.54, 1.807) is 0 Å². The zero-order chi connectivity index (χ0) is 10.8. The van der Waals surface area contributed by atoms with Crippen molar-refractivity contribution in [3.05, 3.63) is 0 Å². The molecule has 2 rings (SSSR count). The van der Waals surface area contributed by atoms with Gasteiger partial charge in [0.25, 0.3) is 0 Å². The molecule has 82 valence electrons. The maximum atomic E-state index is 11.5. The average Bonchev–Trinajstić information content (AvgIpc) is 2.64. The molecular weight excluding hydrogens is 190 g/mol. The van der Waals surface area contributed by atoms with Gasteiger partial charge >= 0.3 is 0 Å². The molecule has 0 aromatic heterocycles. The number of carbonyl (C=O) groups is 1. The summed E-state index contributed by atoms with van der Waals surface area (Å²) in [5.74, 6) is 0.304. The number of piperidine rings is 1. The summed E-state index contributed by atoms with van der Waals surface area (Å²) >= 11 is 0. The fourth-order valence-corrected chi connectivity index (χ4v) is 2.77. The van der Waals surface area contributed by atoms with Gasteiger partial charge in [0, 0.05) is 12.6 Å². The van der Waals surface area contributed by atoms with Crippen molar-refractivity contribution in [2.45, 2.75) is 38.3 Å². The highest BCUT2D eigenvalue weighted by atomic mass is 16.2. The van der Waals surface area contributed by atoms with Crippen LogP contribution in [0.15, 0.2) is 0 Å². The van der Waals surface area contributed by atoms with Crippen molar-refractivity contribution in [1.29, 1.82) is 5.26 Å². The maximum Gasteiger partial charge on any atom is 0.224 e.